The van der Waals surface area contributed by atoms with Crippen molar-refractivity contribution in [2.45, 2.75) is 18.3 Å². The highest BCUT2D eigenvalue weighted by Gasteiger charge is 2.20. The molecule has 0 aliphatic carbocycles. The smallest absolute Gasteiger partial charge is 0.215 e. The maximum atomic E-state index is 11.5. The molecule has 0 radical (unpaired) electrons. The summed E-state index contributed by atoms with van der Waals surface area (Å²) in [5, 5.41) is -0.599. The fourth-order valence-corrected chi connectivity index (χ4v) is 1.83. The Labute approximate surface area is 91.2 Å². The van der Waals surface area contributed by atoms with E-state index in [2.05, 4.69) is 4.72 Å². The normalized spacial score (nSPS) is 16.3. The summed E-state index contributed by atoms with van der Waals surface area (Å²) in [6.07, 6.45) is -0.283. The second-order valence-corrected chi connectivity index (χ2v) is 5.44. The first-order valence-corrected chi connectivity index (χ1v) is 6.22. The van der Waals surface area contributed by atoms with E-state index in [1.165, 1.54) is 14.2 Å². The van der Waals surface area contributed by atoms with Crippen LogP contribution in [0.2, 0.25) is 0 Å². The zero-order valence-corrected chi connectivity index (χ0v) is 10.2. The van der Waals surface area contributed by atoms with Gasteiger partial charge < -0.3 is 15.2 Å². The van der Waals surface area contributed by atoms with Crippen molar-refractivity contribution in [2.24, 2.45) is 5.73 Å². The summed E-state index contributed by atoms with van der Waals surface area (Å²) in [4.78, 5) is 0. The first kappa shape index (κ1) is 14.8. The molecule has 0 aliphatic rings. The first-order valence-electron chi connectivity index (χ1n) is 4.68. The summed E-state index contributed by atoms with van der Waals surface area (Å²) in [6.45, 7) is 2.19. The van der Waals surface area contributed by atoms with Crippen molar-refractivity contribution in [2.75, 3.05) is 33.9 Å². The Morgan fingerprint density at radius 3 is 2.40 bits per heavy atom. The van der Waals surface area contributed by atoms with Crippen LogP contribution in [0.5, 0.6) is 0 Å². The fraction of sp³-hybridized carbons (Fsp3) is 1.00. The molecule has 0 heterocycles. The third-order valence-electron chi connectivity index (χ3n) is 2.06. The number of nitrogens with one attached hydrogen (secondary N) is 1. The number of hydrogen-bond donors (Lipinski definition) is 2. The summed E-state index contributed by atoms with van der Waals surface area (Å²) in [5.41, 5.74) is 5.28. The molecule has 7 heteroatoms. The molecule has 0 aromatic rings. The minimum absolute atomic E-state index is 0.0945. The van der Waals surface area contributed by atoms with Gasteiger partial charge in [-0.3, -0.25) is 0 Å². The molecule has 2 unspecified atom stereocenters. The third-order valence-corrected chi connectivity index (χ3v) is 3.88. The van der Waals surface area contributed by atoms with Crippen LogP contribution in [0.15, 0.2) is 0 Å². The van der Waals surface area contributed by atoms with Crippen LogP contribution < -0.4 is 10.5 Å². The number of nitrogens with two attached hydrogens (primary N) is 1. The van der Waals surface area contributed by atoms with Crippen LogP contribution in [-0.4, -0.2) is 53.7 Å². The molecule has 0 spiro atoms. The largest absolute Gasteiger partial charge is 0.382 e. The van der Waals surface area contributed by atoms with Crippen molar-refractivity contribution in [1.82, 2.24) is 4.72 Å². The molecule has 6 nitrogen and oxygen atoms in total. The van der Waals surface area contributed by atoms with E-state index in [4.69, 9.17) is 15.2 Å². The van der Waals surface area contributed by atoms with E-state index in [0.717, 1.165) is 0 Å². The Balaban J connectivity index is 4.12. The van der Waals surface area contributed by atoms with E-state index in [1.807, 2.05) is 0 Å². The number of rotatable bonds is 8. The molecule has 0 amide bonds. The van der Waals surface area contributed by atoms with Crippen molar-refractivity contribution in [3.8, 4) is 0 Å². The number of sulfonamides is 1. The maximum Gasteiger partial charge on any atom is 0.215 e. The Hall–Kier alpha value is -0.210. The molecular weight excluding hydrogens is 220 g/mol. The Morgan fingerprint density at radius 1 is 1.40 bits per heavy atom. The van der Waals surface area contributed by atoms with Gasteiger partial charge in [-0.25, -0.2) is 13.1 Å². The van der Waals surface area contributed by atoms with E-state index in [0.29, 0.717) is 6.61 Å². The molecular formula is C8H20N2O4S. The van der Waals surface area contributed by atoms with Gasteiger partial charge in [-0.2, -0.15) is 0 Å². The van der Waals surface area contributed by atoms with Gasteiger partial charge in [-0.1, -0.05) is 0 Å². The minimum atomic E-state index is -3.34. The van der Waals surface area contributed by atoms with Gasteiger partial charge in [0.25, 0.3) is 0 Å². The summed E-state index contributed by atoms with van der Waals surface area (Å²) in [7, 11) is -0.309. The Kier molecular flexibility index (Phi) is 7.03. The number of ether oxygens (including phenoxy) is 2. The minimum Gasteiger partial charge on any atom is -0.382 e. The molecule has 3 N–H and O–H groups in total. The molecule has 0 saturated carbocycles. The van der Waals surface area contributed by atoms with Crippen LogP contribution in [0.3, 0.4) is 0 Å². The number of hydrogen-bond acceptors (Lipinski definition) is 5. The molecule has 92 valence electrons. The summed E-state index contributed by atoms with van der Waals surface area (Å²) in [5.74, 6) is 0. The number of methoxy groups -OCH3 is 2. The molecule has 0 rings (SSSR count). The Bertz CT molecular complexity index is 255. The van der Waals surface area contributed by atoms with Crippen LogP contribution in [0.1, 0.15) is 6.92 Å². The van der Waals surface area contributed by atoms with Gasteiger partial charge in [0.05, 0.1) is 18.0 Å². The summed E-state index contributed by atoms with van der Waals surface area (Å²) in [6, 6.07) is 0. The van der Waals surface area contributed by atoms with Gasteiger partial charge in [-0.15, -0.1) is 0 Å². The van der Waals surface area contributed by atoms with Gasteiger partial charge in [0, 0.05) is 27.3 Å². The fourth-order valence-electron chi connectivity index (χ4n) is 0.874. The molecule has 0 aromatic heterocycles. The van der Waals surface area contributed by atoms with Crippen LogP contribution in [0, 0.1) is 0 Å². The standard InChI is InChI=1S/C8H20N2O4S/c1-7(4-9)15(11,12)10-5-8(14-3)6-13-2/h7-8,10H,4-6,9H2,1-3H3. The van der Waals surface area contributed by atoms with Crippen molar-refractivity contribution < 1.29 is 17.9 Å². The highest BCUT2D eigenvalue weighted by Crippen LogP contribution is 1.97. The van der Waals surface area contributed by atoms with Crippen molar-refractivity contribution in [1.29, 1.82) is 0 Å². The van der Waals surface area contributed by atoms with Crippen LogP contribution in [0.25, 0.3) is 0 Å². The molecule has 0 bridgehead atoms. The van der Waals surface area contributed by atoms with E-state index < -0.39 is 15.3 Å². The van der Waals surface area contributed by atoms with Gasteiger partial charge >= 0.3 is 0 Å². The van der Waals surface area contributed by atoms with Crippen molar-refractivity contribution in [3.63, 3.8) is 0 Å². The summed E-state index contributed by atoms with van der Waals surface area (Å²) < 4.78 is 35.3. The lowest BCUT2D eigenvalue weighted by Crippen LogP contribution is -2.42. The summed E-state index contributed by atoms with van der Waals surface area (Å²) >= 11 is 0. The van der Waals surface area contributed by atoms with Crippen LogP contribution in [-0.2, 0) is 19.5 Å². The SMILES string of the molecule is COCC(CNS(=O)(=O)C(C)CN)OC. The van der Waals surface area contributed by atoms with E-state index in [9.17, 15) is 8.42 Å². The van der Waals surface area contributed by atoms with Crippen LogP contribution >= 0.6 is 0 Å². The van der Waals surface area contributed by atoms with Gasteiger partial charge in [-0.05, 0) is 6.92 Å². The molecule has 15 heavy (non-hydrogen) atoms. The lowest BCUT2D eigenvalue weighted by molar-refractivity contribution is 0.0319. The molecule has 2 atom stereocenters. The van der Waals surface area contributed by atoms with E-state index in [1.54, 1.807) is 6.92 Å². The molecule has 0 fully saturated rings. The van der Waals surface area contributed by atoms with E-state index in [-0.39, 0.29) is 19.2 Å². The predicted octanol–water partition coefficient (Wildman–Crippen LogP) is -1.09. The zero-order valence-electron chi connectivity index (χ0n) is 9.39. The Morgan fingerprint density at radius 2 is 2.00 bits per heavy atom. The quantitative estimate of drug-likeness (QED) is 0.563. The predicted molar refractivity (Wildman–Crippen MR) is 58.1 cm³/mol. The topological polar surface area (TPSA) is 90.7 Å². The van der Waals surface area contributed by atoms with Crippen molar-refractivity contribution in [3.05, 3.63) is 0 Å². The lowest BCUT2D eigenvalue weighted by atomic mass is 10.4. The highest BCUT2D eigenvalue weighted by molar-refractivity contribution is 7.90. The van der Waals surface area contributed by atoms with Gasteiger partial charge in [0.1, 0.15) is 0 Å². The van der Waals surface area contributed by atoms with Gasteiger partial charge in [0.2, 0.25) is 10.0 Å². The second-order valence-electron chi connectivity index (χ2n) is 3.25. The van der Waals surface area contributed by atoms with Gasteiger partial charge in [0.15, 0.2) is 0 Å². The first-order chi connectivity index (χ1) is 6.97. The average molecular weight is 240 g/mol. The van der Waals surface area contributed by atoms with Crippen LogP contribution in [0.4, 0.5) is 0 Å². The lowest BCUT2D eigenvalue weighted by Gasteiger charge is -2.17. The second kappa shape index (κ2) is 7.13. The maximum absolute atomic E-state index is 11.5. The molecule has 0 saturated heterocycles. The molecule has 0 aliphatic heterocycles. The molecule has 0 aromatic carbocycles. The van der Waals surface area contributed by atoms with E-state index >= 15 is 0 Å². The third kappa shape index (κ3) is 5.43. The van der Waals surface area contributed by atoms with Crippen molar-refractivity contribution >= 4 is 10.0 Å². The monoisotopic (exact) mass is 240 g/mol. The zero-order chi connectivity index (χ0) is 11.9. The highest BCUT2D eigenvalue weighted by atomic mass is 32.2. The average Bonchev–Trinajstić information content (AvgIpc) is 2.22.